The molecule has 0 aliphatic heterocycles. The molecule has 2 rings (SSSR count). The van der Waals surface area contributed by atoms with Crippen LogP contribution in [0.5, 0.6) is 0 Å². The molecule has 0 bridgehead atoms. The molecule has 0 fully saturated rings. The van der Waals surface area contributed by atoms with Crippen LogP contribution in [0, 0.1) is 13.8 Å². The van der Waals surface area contributed by atoms with E-state index in [0.29, 0.717) is 18.3 Å². The van der Waals surface area contributed by atoms with Crippen molar-refractivity contribution in [2.45, 2.75) is 13.8 Å². The quantitative estimate of drug-likeness (QED) is 0.804. The first-order valence-electron chi connectivity index (χ1n) is 6.08. The third kappa shape index (κ3) is 3.51. The van der Waals surface area contributed by atoms with Crippen LogP contribution >= 0.6 is 0 Å². The minimum absolute atomic E-state index is 0.473. The molecule has 0 aliphatic carbocycles. The molecule has 0 amide bonds. The molecule has 0 saturated heterocycles. The molecule has 1 aromatic heterocycles. The van der Waals surface area contributed by atoms with Crippen LogP contribution in [-0.4, -0.2) is 21.7 Å². The zero-order valence-corrected chi connectivity index (χ0v) is 11.1. The highest BCUT2D eigenvalue weighted by Gasteiger charge is 2.03. The van der Waals surface area contributed by atoms with Crippen molar-refractivity contribution < 1.29 is 0 Å². The van der Waals surface area contributed by atoms with E-state index >= 15 is 0 Å². The number of nitrogens with one attached hydrogen (secondary N) is 2. The molecule has 0 spiro atoms. The molecule has 2 aromatic rings. The number of aromatic nitrogens is 3. The predicted octanol–water partition coefficient (Wildman–Crippen LogP) is 2.83. The van der Waals surface area contributed by atoms with Crippen LogP contribution in [0.3, 0.4) is 0 Å². The van der Waals surface area contributed by atoms with Gasteiger partial charge in [-0.3, -0.25) is 0 Å². The maximum absolute atomic E-state index is 4.33. The van der Waals surface area contributed by atoms with E-state index < -0.39 is 0 Å². The summed E-state index contributed by atoms with van der Waals surface area (Å²) >= 11 is 0. The Hall–Kier alpha value is -2.43. The zero-order valence-electron chi connectivity index (χ0n) is 11.1. The molecule has 0 unspecified atom stereocenters. The lowest BCUT2D eigenvalue weighted by Crippen LogP contribution is -2.05. The van der Waals surface area contributed by atoms with Gasteiger partial charge in [0.2, 0.25) is 5.95 Å². The number of hydrogen-bond donors (Lipinski definition) is 2. The van der Waals surface area contributed by atoms with Crippen LogP contribution < -0.4 is 10.6 Å². The summed E-state index contributed by atoms with van der Waals surface area (Å²) in [5.74, 6) is 1.14. The zero-order chi connectivity index (χ0) is 13.7. The number of anilines is 3. The Balaban J connectivity index is 2.16. The van der Waals surface area contributed by atoms with Gasteiger partial charge in [0, 0.05) is 12.2 Å². The number of rotatable bonds is 5. The first-order valence-corrected chi connectivity index (χ1v) is 6.08. The summed E-state index contributed by atoms with van der Waals surface area (Å²) in [6.45, 7) is 8.39. The van der Waals surface area contributed by atoms with Gasteiger partial charge in [0.25, 0.3) is 0 Å². The third-order valence-corrected chi connectivity index (χ3v) is 2.61. The van der Waals surface area contributed by atoms with Crippen molar-refractivity contribution in [2.24, 2.45) is 0 Å². The summed E-state index contributed by atoms with van der Waals surface area (Å²) in [5, 5.41) is 14.1. The van der Waals surface area contributed by atoms with E-state index in [2.05, 4.69) is 45.4 Å². The number of benzene rings is 1. The Bertz CT molecular complexity index is 580. The second-order valence-corrected chi connectivity index (χ2v) is 4.28. The Labute approximate surface area is 112 Å². The number of hydrogen-bond acceptors (Lipinski definition) is 5. The minimum Gasteiger partial charge on any atom is -0.365 e. The second kappa shape index (κ2) is 5.95. The van der Waals surface area contributed by atoms with Gasteiger partial charge in [0.05, 0.1) is 6.20 Å². The van der Waals surface area contributed by atoms with Crippen molar-refractivity contribution >= 4 is 17.5 Å². The van der Waals surface area contributed by atoms with Crippen molar-refractivity contribution in [3.63, 3.8) is 0 Å². The van der Waals surface area contributed by atoms with Gasteiger partial charge in [-0.1, -0.05) is 23.8 Å². The summed E-state index contributed by atoms with van der Waals surface area (Å²) in [5.41, 5.74) is 3.35. The van der Waals surface area contributed by atoms with Crippen molar-refractivity contribution in [3.8, 4) is 0 Å². The summed E-state index contributed by atoms with van der Waals surface area (Å²) < 4.78 is 0. The maximum atomic E-state index is 4.33. The van der Waals surface area contributed by atoms with E-state index in [0.717, 1.165) is 11.3 Å². The van der Waals surface area contributed by atoms with Gasteiger partial charge in [-0.2, -0.15) is 10.1 Å². The molecule has 0 aliphatic rings. The van der Waals surface area contributed by atoms with Crippen LogP contribution in [-0.2, 0) is 0 Å². The molecule has 2 N–H and O–H groups in total. The van der Waals surface area contributed by atoms with E-state index in [4.69, 9.17) is 0 Å². The largest absolute Gasteiger partial charge is 0.365 e. The Morgan fingerprint density at radius 3 is 2.89 bits per heavy atom. The van der Waals surface area contributed by atoms with Crippen LogP contribution in [0.25, 0.3) is 0 Å². The lowest BCUT2D eigenvalue weighted by atomic mass is 10.1. The highest BCUT2D eigenvalue weighted by atomic mass is 15.3. The monoisotopic (exact) mass is 255 g/mol. The fraction of sp³-hybridized carbons (Fsp3) is 0.214. The average Bonchev–Trinajstić information content (AvgIpc) is 2.40. The Kier molecular flexibility index (Phi) is 4.07. The lowest BCUT2D eigenvalue weighted by Gasteiger charge is -2.09. The van der Waals surface area contributed by atoms with Gasteiger partial charge in [0.1, 0.15) is 0 Å². The fourth-order valence-corrected chi connectivity index (χ4v) is 1.69. The van der Waals surface area contributed by atoms with Crippen LogP contribution in [0.4, 0.5) is 17.5 Å². The van der Waals surface area contributed by atoms with Gasteiger partial charge < -0.3 is 10.6 Å². The van der Waals surface area contributed by atoms with E-state index in [1.165, 1.54) is 5.56 Å². The van der Waals surface area contributed by atoms with E-state index in [1.54, 1.807) is 12.3 Å². The Morgan fingerprint density at radius 2 is 2.16 bits per heavy atom. The van der Waals surface area contributed by atoms with Gasteiger partial charge in [0.15, 0.2) is 5.82 Å². The molecular weight excluding hydrogens is 238 g/mol. The third-order valence-electron chi connectivity index (χ3n) is 2.61. The van der Waals surface area contributed by atoms with Crippen molar-refractivity contribution in [1.82, 2.24) is 15.2 Å². The molecule has 19 heavy (non-hydrogen) atoms. The summed E-state index contributed by atoms with van der Waals surface area (Å²) in [7, 11) is 0. The molecular formula is C14H17N5. The Morgan fingerprint density at radius 1 is 1.32 bits per heavy atom. The van der Waals surface area contributed by atoms with Gasteiger partial charge in [-0.15, -0.1) is 11.7 Å². The summed E-state index contributed by atoms with van der Waals surface area (Å²) in [4.78, 5) is 4.33. The van der Waals surface area contributed by atoms with Gasteiger partial charge in [-0.25, -0.2) is 0 Å². The maximum Gasteiger partial charge on any atom is 0.249 e. The molecule has 0 atom stereocenters. The lowest BCUT2D eigenvalue weighted by molar-refractivity contribution is 0.975. The fourth-order valence-electron chi connectivity index (χ4n) is 1.69. The van der Waals surface area contributed by atoms with E-state index in [-0.39, 0.29) is 0 Å². The SMILES string of the molecule is C=CCNc1cnnc(Nc2ccc(C)cc2C)n1. The number of aryl methyl sites for hydroxylation is 2. The average molecular weight is 255 g/mol. The first-order chi connectivity index (χ1) is 9.19. The summed E-state index contributed by atoms with van der Waals surface area (Å²) in [6.07, 6.45) is 3.34. The van der Waals surface area contributed by atoms with Crippen LogP contribution in [0.2, 0.25) is 0 Å². The van der Waals surface area contributed by atoms with Crippen molar-refractivity contribution in [2.75, 3.05) is 17.2 Å². The highest BCUT2D eigenvalue weighted by Crippen LogP contribution is 2.19. The molecule has 5 heteroatoms. The van der Waals surface area contributed by atoms with Crippen LogP contribution in [0.15, 0.2) is 37.1 Å². The summed E-state index contributed by atoms with van der Waals surface area (Å²) in [6, 6.07) is 6.16. The van der Waals surface area contributed by atoms with E-state index in [9.17, 15) is 0 Å². The predicted molar refractivity (Wildman–Crippen MR) is 77.7 cm³/mol. The molecule has 0 saturated carbocycles. The highest BCUT2D eigenvalue weighted by molar-refractivity contribution is 5.59. The van der Waals surface area contributed by atoms with Crippen molar-refractivity contribution in [3.05, 3.63) is 48.2 Å². The van der Waals surface area contributed by atoms with Gasteiger partial charge in [-0.05, 0) is 25.5 Å². The van der Waals surface area contributed by atoms with E-state index in [1.807, 2.05) is 19.1 Å². The topological polar surface area (TPSA) is 62.7 Å². The van der Waals surface area contributed by atoms with Crippen LogP contribution in [0.1, 0.15) is 11.1 Å². The molecule has 5 nitrogen and oxygen atoms in total. The van der Waals surface area contributed by atoms with Gasteiger partial charge >= 0.3 is 0 Å². The standard InChI is InChI=1S/C14H17N5/c1-4-7-15-13-9-16-19-14(18-13)17-12-6-5-10(2)8-11(12)3/h4-6,8-9H,1,7H2,2-3H3,(H2,15,17,18,19). The molecule has 0 radical (unpaired) electrons. The minimum atomic E-state index is 0.473. The smallest absolute Gasteiger partial charge is 0.249 e. The molecule has 98 valence electrons. The number of nitrogens with zero attached hydrogens (tertiary/aromatic N) is 3. The van der Waals surface area contributed by atoms with Crippen molar-refractivity contribution in [1.29, 1.82) is 0 Å². The first kappa shape index (κ1) is 13.0. The second-order valence-electron chi connectivity index (χ2n) is 4.28. The molecule has 1 heterocycles. The molecule has 1 aromatic carbocycles. The normalized spacial score (nSPS) is 10.0.